The highest BCUT2D eigenvalue weighted by Crippen LogP contribution is 2.24. The van der Waals surface area contributed by atoms with Crippen LogP contribution in [0.15, 0.2) is 42.5 Å². The molecule has 0 aliphatic heterocycles. The molecular weight excluding hydrogens is 168 g/mol. The molecule has 0 aromatic heterocycles. The second-order valence-electron chi connectivity index (χ2n) is 3.72. The van der Waals surface area contributed by atoms with Crippen LogP contribution in [-0.2, 0) is 0 Å². The molecule has 14 heavy (non-hydrogen) atoms. The summed E-state index contributed by atoms with van der Waals surface area (Å²) in [5, 5.41) is 2.73. The molecule has 0 saturated carbocycles. The Labute approximate surface area is 86.6 Å². The van der Waals surface area contributed by atoms with Crippen molar-refractivity contribution in [3.05, 3.63) is 48.0 Å². The van der Waals surface area contributed by atoms with Gasteiger partial charge < -0.3 is 0 Å². The molecule has 74 valence electrons. The summed E-state index contributed by atoms with van der Waals surface area (Å²) >= 11 is 0. The molecule has 2 aromatic carbocycles. The molecule has 0 fully saturated rings. The van der Waals surface area contributed by atoms with Crippen LogP contribution in [-0.4, -0.2) is 0 Å². The standard InChI is InChI=1S/C13H14.CH4/c1-10(2)12-9-5-7-11-6-3-4-8-13(11)12;/h3-10H,1-2H3;1H4. The Bertz CT molecular complexity index is 408. The van der Waals surface area contributed by atoms with Crippen LogP contribution >= 0.6 is 0 Å². The van der Waals surface area contributed by atoms with E-state index in [-0.39, 0.29) is 7.43 Å². The summed E-state index contributed by atoms with van der Waals surface area (Å²) in [6.07, 6.45) is 0. The first-order valence-corrected chi connectivity index (χ1v) is 4.76. The first kappa shape index (κ1) is 10.8. The number of benzene rings is 2. The van der Waals surface area contributed by atoms with Crippen LogP contribution in [0.2, 0.25) is 0 Å². The maximum absolute atomic E-state index is 2.24. The summed E-state index contributed by atoms with van der Waals surface area (Å²) in [4.78, 5) is 0. The van der Waals surface area contributed by atoms with Crippen molar-refractivity contribution < 1.29 is 0 Å². The van der Waals surface area contributed by atoms with Crippen molar-refractivity contribution in [1.29, 1.82) is 0 Å². The first-order chi connectivity index (χ1) is 6.29. The maximum atomic E-state index is 2.24. The second-order valence-corrected chi connectivity index (χ2v) is 3.72. The zero-order valence-electron chi connectivity index (χ0n) is 8.12. The van der Waals surface area contributed by atoms with Crippen molar-refractivity contribution >= 4 is 10.8 Å². The highest BCUT2D eigenvalue weighted by molar-refractivity contribution is 5.86. The van der Waals surface area contributed by atoms with Crippen LogP contribution in [0.4, 0.5) is 0 Å². The summed E-state index contributed by atoms with van der Waals surface area (Å²) in [5.41, 5.74) is 1.44. The Balaban J connectivity index is 0.000000980. The molecule has 0 radical (unpaired) electrons. The lowest BCUT2D eigenvalue weighted by molar-refractivity contribution is 0.876. The van der Waals surface area contributed by atoms with E-state index >= 15 is 0 Å². The molecule has 0 unspecified atom stereocenters. The summed E-state index contributed by atoms with van der Waals surface area (Å²) < 4.78 is 0. The zero-order chi connectivity index (χ0) is 9.26. The number of hydrogen-bond donors (Lipinski definition) is 0. The predicted octanol–water partition coefficient (Wildman–Crippen LogP) is 4.60. The van der Waals surface area contributed by atoms with Gasteiger partial charge in [0.25, 0.3) is 0 Å². The average molecular weight is 186 g/mol. The van der Waals surface area contributed by atoms with Gasteiger partial charge in [-0.15, -0.1) is 0 Å². The van der Waals surface area contributed by atoms with Gasteiger partial charge in [0.2, 0.25) is 0 Å². The van der Waals surface area contributed by atoms with Gasteiger partial charge in [0, 0.05) is 0 Å². The van der Waals surface area contributed by atoms with Gasteiger partial charge >= 0.3 is 0 Å². The van der Waals surface area contributed by atoms with E-state index < -0.39 is 0 Å². The van der Waals surface area contributed by atoms with Crippen LogP contribution in [0.5, 0.6) is 0 Å². The van der Waals surface area contributed by atoms with Crippen LogP contribution in [0.1, 0.15) is 32.8 Å². The minimum absolute atomic E-state index is 0. The fourth-order valence-corrected chi connectivity index (χ4v) is 1.75. The van der Waals surface area contributed by atoms with Gasteiger partial charge in [-0.2, -0.15) is 0 Å². The quantitative estimate of drug-likeness (QED) is 0.610. The lowest BCUT2D eigenvalue weighted by Crippen LogP contribution is -1.88. The van der Waals surface area contributed by atoms with Crippen LogP contribution in [0.25, 0.3) is 10.8 Å². The normalized spacial score (nSPS) is 10.2. The molecule has 0 spiro atoms. The number of hydrogen-bond acceptors (Lipinski definition) is 0. The molecule has 0 heterocycles. The summed E-state index contributed by atoms with van der Waals surface area (Å²) in [5.74, 6) is 0.603. The third-order valence-electron chi connectivity index (χ3n) is 2.45. The van der Waals surface area contributed by atoms with Gasteiger partial charge in [-0.3, -0.25) is 0 Å². The van der Waals surface area contributed by atoms with E-state index in [1.807, 2.05) is 0 Å². The van der Waals surface area contributed by atoms with E-state index in [1.54, 1.807) is 0 Å². The molecule has 0 aliphatic carbocycles. The SMILES string of the molecule is C.CC(C)c1cccc2ccccc12. The third-order valence-corrected chi connectivity index (χ3v) is 2.45. The topological polar surface area (TPSA) is 0 Å². The molecule has 2 aromatic rings. The molecule has 0 heteroatoms. The largest absolute Gasteiger partial charge is 0.0776 e. The first-order valence-electron chi connectivity index (χ1n) is 4.76. The molecule has 0 saturated heterocycles. The van der Waals surface area contributed by atoms with Gasteiger partial charge in [0.15, 0.2) is 0 Å². The Kier molecular flexibility index (Phi) is 3.29. The molecule has 2 rings (SSSR count). The lowest BCUT2D eigenvalue weighted by Gasteiger charge is -2.08. The molecule has 0 amide bonds. The predicted molar refractivity (Wildman–Crippen MR) is 64.8 cm³/mol. The highest BCUT2D eigenvalue weighted by Gasteiger charge is 2.02. The smallest absolute Gasteiger partial charge is 0.0149 e. The Morgan fingerprint density at radius 3 is 2.21 bits per heavy atom. The summed E-state index contributed by atoms with van der Waals surface area (Å²) in [6.45, 7) is 4.48. The Morgan fingerprint density at radius 1 is 0.857 bits per heavy atom. The molecule has 0 atom stereocenters. The van der Waals surface area contributed by atoms with Gasteiger partial charge in [0.05, 0.1) is 0 Å². The van der Waals surface area contributed by atoms with Crippen LogP contribution in [0, 0.1) is 0 Å². The van der Waals surface area contributed by atoms with E-state index in [2.05, 4.69) is 56.3 Å². The Hall–Kier alpha value is -1.30. The Morgan fingerprint density at radius 2 is 1.50 bits per heavy atom. The summed E-state index contributed by atoms with van der Waals surface area (Å²) in [7, 11) is 0. The van der Waals surface area contributed by atoms with Gasteiger partial charge in [-0.1, -0.05) is 63.7 Å². The molecule has 0 nitrogen and oxygen atoms in total. The van der Waals surface area contributed by atoms with Crippen molar-refractivity contribution in [2.45, 2.75) is 27.2 Å². The van der Waals surface area contributed by atoms with Gasteiger partial charge in [-0.05, 0) is 22.3 Å². The molecule has 0 aliphatic rings. The fraction of sp³-hybridized carbons (Fsp3) is 0.286. The minimum Gasteiger partial charge on any atom is -0.0776 e. The minimum atomic E-state index is 0. The maximum Gasteiger partial charge on any atom is -0.0149 e. The molecular formula is C14H18. The fourth-order valence-electron chi connectivity index (χ4n) is 1.75. The van der Waals surface area contributed by atoms with Crippen molar-refractivity contribution in [2.24, 2.45) is 0 Å². The third kappa shape index (κ3) is 1.79. The van der Waals surface area contributed by atoms with Crippen molar-refractivity contribution in [2.75, 3.05) is 0 Å². The lowest BCUT2D eigenvalue weighted by atomic mass is 9.96. The highest BCUT2D eigenvalue weighted by atomic mass is 14.1. The van der Waals surface area contributed by atoms with E-state index in [0.29, 0.717) is 5.92 Å². The second kappa shape index (κ2) is 4.28. The van der Waals surface area contributed by atoms with Gasteiger partial charge in [0.1, 0.15) is 0 Å². The van der Waals surface area contributed by atoms with Crippen LogP contribution in [0.3, 0.4) is 0 Å². The van der Waals surface area contributed by atoms with E-state index in [1.165, 1.54) is 16.3 Å². The average Bonchev–Trinajstić information content (AvgIpc) is 2.17. The van der Waals surface area contributed by atoms with E-state index in [4.69, 9.17) is 0 Å². The van der Waals surface area contributed by atoms with Crippen molar-refractivity contribution in [1.82, 2.24) is 0 Å². The van der Waals surface area contributed by atoms with Crippen LogP contribution < -0.4 is 0 Å². The van der Waals surface area contributed by atoms with Gasteiger partial charge in [-0.25, -0.2) is 0 Å². The van der Waals surface area contributed by atoms with E-state index in [9.17, 15) is 0 Å². The zero-order valence-corrected chi connectivity index (χ0v) is 8.12. The van der Waals surface area contributed by atoms with Crippen molar-refractivity contribution in [3.63, 3.8) is 0 Å². The molecule has 0 bridgehead atoms. The number of rotatable bonds is 1. The summed E-state index contributed by atoms with van der Waals surface area (Å²) in [6, 6.07) is 15.1. The molecule has 0 N–H and O–H groups in total. The van der Waals surface area contributed by atoms with Crippen molar-refractivity contribution in [3.8, 4) is 0 Å². The number of fused-ring (bicyclic) bond motifs is 1. The van der Waals surface area contributed by atoms with E-state index in [0.717, 1.165) is 0 Å². The monoisotopic (exact) mass is 186 g/mol.